The summed E-state index contributed by atoms with van der Waals surface area (Å²) in [5.41, 5.74) is 1.98. The van der Waals surface area contributed by atoms with Crippen LogP contribution in [0.2, 0.25) is 0 Å². The second kappa shape index (κ2) is 5.69. The summed E-state index contributed by atoms with van der Waals surface area (Å²) >= 11 is 0. The van der Waals surface area contributed by atoms with Crippen LogP contribution in [0.3, 0.4) is 0 Å². The maximum absolute atomic E-state index is 5.45. The fourth-order valence-electron chi connectivity index (χ4n) is 1.86. The lowest BCUT2D eigenvalue weighted by Gasteiger charge is -2.10. The zero-order valence-electron chi connectivity index (χ0n) is 11.0. The smallest absolute Gasteiger partial charge is 0.131 e. The molecule has 4 nitrogen and oxygen atoms in total. The standard InChI is InChI=1S/C14H18N2O2/c1-4-18-9-11-7-10-5-6-12(17-3)8-13(10)16-14(11)15-2/h5-8H,4,9H2,1-3H3,(H,15,16). The molecule has 0 unspecified atom stereocenters. The highest BCUT2D eigenvalue weighted by atomic mass is 16.5. The minimum atomic E-state index is 0.571. The Morgan fingerprint density at radius 1 is 1.28 bits per heavy atom. The van der Waals surface area contributed by atoms with Crippen LogP contribution in [-0.4, -0.2) is 25.7 Å². The maximum Gasteiger partial charge on any atom is 0.131 e. The number of nitrogens with zero attached hydrogens (tertiary/aromatic N) is 1. The number of pyridine rings is 1. The van der Waals surface area contributed by atoms with Crippen LogP contribution in [0, 0.1) is 0 Å². The summed E-state index contributed by atoms with van der Waals surface area (Å²) in [6, 6.07) is 7.98. The van der Waals surface area contributed by atoms with E-state index in [1.165, 1.54) is 0 Å². The molecule has 2 aromatic rings. The molecule has 0 saturated heterocycles. The Bertz CT molecular complexity index is 541. The van der Waals surface area contributed by atoms with Crippen molar-refractivity contribution < 1.29 is 9.47 Å². The highest BCUT2D eigenvalue weighted by molar-refractivity contribution is 5.83. The predicted molar refractivity (Wildman–Crippen MR) is 73.2 cm³/mol. The molecule has 18 heavy (non-hydrogen) atoms. The zero-order valence-corrected chi connectivity index (χ0v) is 11.0. The second-order valence-electron chi connectivity index (χ2n) is 3.94. The van der Waals surface area contributed by atoms with Crippen molar-refractivity contribution in [1.29, 1.82) is 0 Å². The van der Waals surface area contributed by atoms with Crippen molar-refractivity contribution in [1.82, 2.24) is 4.98 Å². The third-order valence-corrected chi connectivity index (χ3v) is 2.80. The van der Waals surface area contributed by atoms with Crippen molar-refractivity contribution in [2.24, 2.45) is 0 Å². The van der Waals surface area contributed by atoms with Gasteiger partial charge in [-0.2, -0.15) is 0 Å². The van der Waals surface area contributed by atoms with Crippen LogP contribution in [0.1, 0.15) is 12.5 Å². The Morgan fingerprint density at radius 2 is 2.11 bits per heavy atom. The molecule has 4 heteroatoms. The Balaban J connectivity index is 2.46. The average Bonchev–Trinajstić information content (AvgIpc) is 2.43. The van der Waals surface area contributed by atoms with Crippen molar-refractivity contribution in [2.45, 2.75) is 13.5 Å². The van der Waals surface area contributed by atoms with Crippen molar-refractivity contribution in [3.63, 3.8) is 0 Å². The van der Waals surface area contributed by atoms with Gasteiger partial charge in [-0.25, -0.2) is 4.98 Å². The van der Waals surface area contributed by atoms with Gasteiger partial charge in [0, 0.05) is 30.7 Å². The number of hydrogen-bond donors (Lipinski definition) is 1. The van der Waals surface area contributed by atoms with E-state index in [9.17, 15) is 0 Å². The lowest BCUT2D eigenvalue weighted by Crippen LogP contribution is -2.01. The summed E-state index contributed by atoms with van der Waals surface area (Å²) in [6.45, 7) is 3.25. The first-order valence-electron chi connectivity index (χ1n) is 6.01. The Kier molecular flexibility index (Phi) is 3.99. The lowest BCUT2D eigenvalue weighted by molar-refractivity contribution is 0.134. The lowest BCUT2D eigenvalue weighted by atomic mass is 10.1. The minimum absolute atomic E-state index is 0.571. The summed E-state index contributed by atoms with van der Waals surface area (Å²) in [6.07, 6.45) is 0. The molecule has 0 aliphatic heterocycles. The Morgan fingerprint density at radius 3 is 2.78 bits per heavy atom. The number of fused-ring (bicyclic) bond motifs is 1. The first-order valence-corrected chi connectivity index (χ1v) is 6.01. The third-order valence-electron chi connectivity index (χ3n) is 2.80. The number of ether oxygens (including phenoxy) is 2. The zero-order chi connectivity index (χ0) is 13.0. The highest BCUT2D eigenvalue weighted by Gasteiger charge is 2.06. The summed E-state index contributed by atoms with van der Waals surface area (Å²) in [5.74, 6) is 1.67. The predicted octanol–water partition coefficient (Wildman–Crippen LogP) is 2.82. The van der Waals surface area contributed by atoms with Gasteiger partial charge in [0.1, 0.15) is 11.6 Å². The Hall–Kier alpha value is -1.81. The molecule has 0 radical (unpaired) electrons. The van der Waals surface area contributed by atoms with Crippen LogP contribution < -0.4 is 10.1 Å². The molecular weight excluding hydrogens is 228 g/mol. The van der Waals surface area contributed by atoms with Gasteiger partial charge in [-0.05, 0) is 25.1 Å². The van der Waals surface area contributed by atoms with Crippen LogP contribution in [0.25, 0.3) is 10.9 Å². The van der Waals surface area contributed by atoms with Gasteiger partial charge in [0.05, 0.1) is 19.2 Å². The van der Waals surface area contributed by atoms with E-state index in [1.807, 2.05) is 32.2 Å². The van der Waals surface area contributed by atoms with E-state index < -0.39 is 0 Å². The van der Waals surface area contributed by atoms with E-state index in [4.69, 9.17) is 9.47 Å². The van der Waals surface area contributed by atoms with Gasteiger partial charge in [0.15, 0.2) is 0 Å². The number of anilines is 1. The average molecular weight is 246 g/mol. The SMILES string of the molecule is CCOCc1cc2ccc(OC)cc2nc1NC. The highest BCUT2D eigenvalue weighted by Crippen LogP contribution is 2.24. The topological polar surface area (TPSA) is 43.4 Å². The molecular formula is C14H18N2O2. The largest absolute Gasteiger partial charge is 0.497 e. The Labute approximate surface area is 107 Å². The fraction of sp³-hybridized carbons (Fsp3) is 0.357. The van der Waals surface area contributed by atoms with Crippen LogP contribution >= 0.6 is 0 Å². The van der Waals surface area contributed by atoms with E-state index in [1.54, 1.807) is 7.11 Å². The van der Waals surface area contributed by atoms with Crippen LogP contribution in [0.5, 0.6) is 5.75 Å². The molecule has 0 aliphatic carbocycles. The van der Waals surface area contributed by atoms with Gasteiger partial charge < -0.3 is 14.8 Å². The van der Waals surface area contributed by atoms with E-state index >= 15 is 0 Å². The van der Waals surface area contributed by atoms with Crippen LogP contribution in [0.15, 0.2) is 24.3 Å². The third kappa shape index (κ3) is 2.54. The monoisotopic (exact) mass is 246 g/mol. The number of nitrogens with one attached hydrogen (secondary N) is 1. The van der Waals surface area contributed by atoms with Gasteiger partial charge in [-0.15, -0.1) is 0 Å². The molecule has 1 heterocycles. The molecule has 96 valence electrons. The second-order valence-corrected chi connectivity index (χ2v) is 3.94. The van der Waals surface area contributed by atoms with E-state index in [0.29, 0.717) is 13.2 Å². The number of benzene rings is 1. The van der Waals surface area contributed by atoms with Crippen molar-refractivity contribution in [3.8, 4) is 5.75 Å². The molecule has 0 saturated carbocycles. The van der Waals surface area contributed by atoms with E-state index in [2.05, 4.69) is 16.4 Å². The summed E-state index contributed by atoms with van der Waals surface area (Å²) in [7, 11) is 3.52. The minimum Gasteiger partial charge on any atom is -0.497 e. The van der Waals surface area contributed by atoms with Crippen molar-refractivity contribution in [3.05, 3.63) is 29.8 Å². The molecule has 0 bridgehead atoms. The molecule has 0 atom stereocenters. The van der Waals surface area contributed by atoms with Gasteiger partial charge in [-0.3, -0.25) is 0 Å². The molecule has 1 N–H and O–H groups in total. The van der Waals surface area contributed by atoms with Gasteiger partial charge in [-0.1, -0.05) is 0 Å². The summed E-state index contributed by atoms with van der Waals surface area (Å²) < 4.78 is 10.7. The number of aromatic nitrogens is 1. The molecule has 2 rings (SSSR count). The summed E-state index contributed by atoms with van der Waals surface area (Å²) in [5, 5.41) is 4.19. The first-order chi connectivity index (χ1) is 8.78. The van der Waals surface area contributed by atoms with Crippen LogP contribution in [0.4, 0.5) is 5.82 Å². The quantitative estimate of drug-likeness (QED) is 0.881. The van der Waals surface area contributed by atoms with Crippen LogP contribution in [-0.2, 0) is 11.3 Å². The van der Waals surface area contributed by atoms with E-state index in [0.717, 1.165) is 28.0 Å². The summed E-state index contributed by atoms with van der Waals surface area (Å²) in [4.78, 5) is 4.58. The molecule has 0 fully saturated rings. The molecule has 0 aliphatic rings. The molecule has 1 aromatic heterocycles. The fourth-order valence-corrected chi connectivity index (χ4v) is 1.86. The van der Waals surface area contributed by atoms with Gasteiger partial charge >= 0.3 is 0 Å². The molecule has 0 spiro atoms. The number of hydrogen-bond acceptors (Lipinski definition) is 4. The molecule has 1 aromatic carbocycles. The number of methoxy groups -OCH3 is 1. The molecule has 0 amide bonds. The van der Waals surface area contributed by atoms with Gasteiger partial charge in [0.25, 0.3) is 0 Å². The maximum atomic E-state index is 5.45. The van der Waals surface area contributed by atoms with Crippen molar-refractivity contribution in [2.75, 3.05) is 26.1 Å². The van der Waals surface area contributed by atoms with E-state index in [-0.39, 0.29) is 0 Å². The van der Waals surface area contributed by atoms with Crippen molar-refractivity contribution >= 4 is 16.7 Å². The first kappa shape index (κ1) is 12.6. The normalized spacial score (nSPS) is 10.6. The van der Waals surface area contributed by atoms with Gasteiger partial charge in [0.2, 0.25) is 0 Å². The number of rotatable bonds is 5.